The summed E-state index contributed by atoms with van der Waals surface area (Å²) in [7, 11) is 5.42. The maximum atomic E-state index is 8.58. The molecule has 0 amide bonds. The van der Waals surface area contributed by atoms with E-state index in [1.807, 2.05) is 0 Å². The van der Waals surface area contributed by atoms with Crippen molar-refractivity contribution >= 4 is 7.85 Å². The van der Waals surface area contributed by atoms with Crippen molar-refractivity contribution in [1.82, 2.24) is 0 Å². The van der Waals surface area contributed by atoms with Crippen molar-refractivity contribution in [3.63, 3.8) is 0 Å². The highest BCUT2D eigenvalue weighted by Crippen LogP contribution is 2.19. The molecule has 0 atom stereocenters. The first-order valence-electron chi connectivity index (χ1n) is 2.83. The minimum atomic E-state index is -0.936. The average Bonchev–Trinajstić information content (AvgIpc) is 1.89. The molecule has 0 saturated carbocycles. The van der Waals surface area contributed by atoms with Gasteiger partial charge >= 0.3 is 0 Å². The van der Waals surface area contributed by atoms with Crippen LogP contribution in [0.15, 0.2) is 12.2 Å². The molecular weight excluding hydrogens is 115 g/mol. The molecule has 0 unspecified atom stereocenters. The fourth-order valence-electron chi connectivity index (χ4n) is 0.487. The summed E-state index contributed by atoms with van der Waals surface area (Å²) in [5.74, 6) is 0. The van der Waals surface area contributed by atoms with E-state index in [2.05, 4.69) is 0 Å². The predicted octanol–water partition coefficient (Wildman–Crippen LogP) is -0.126. The van der Waals surface area contributed by atoms with Crippen molar-refractivity contribution in [2.24, 2.45) is 0 Å². The molecule has 0 aliphatic heterocycles. The Bertz CT molecular complexity index is 97.2. The molecule has 0 bridgehead atoms. The zero-order valence-corrected chi connectivity index (χ0v) is 5.54. The maximum absolute atomic E-state index is 8.58. The summed E-state index contributed by atoms with van der Waals surface area (Å²) in [6.07, 6.45) is 3.28. The van der Waals surface area contributed by atoms with Crippen LogP contribution >= 0.6 is 0 Å². The monoisotopic (exact) mass is 126 g/mol. The van der Waals surface area contributed by atoms with Crippen LogP contribution in [0.3, 0.4) is 0 Å². The summed E-state index contributed by atoms with van der Waals surface area (Å²) < 4.78 is 0. The van der Waals surface area contributed by atoms with Crippen molar-refractivity contribution in [2.45, 2.75) is 12.2 Å². The van der Waals surface area contributed by atoms with E-state index in [9.17, 15) is 0 Å². The van der Waals surface area contributed by atoms with Crippen molar-refractivity contribution in [3.05, 3.63) is 12.2 Å². The van der Waals surface area contributed by atoms with Gasteiger partial charge in [0.15, 0.2) is 0 Å². The van der Waals surface area contributed by atoms with E-state index in [4.69, 9.17) is 18.1 Å². The maximum Gasteiger partial charge on any atom is 0.0865 e. The lowest BCUT2D eigenvalue weighted by molar-refractivity contribution is 0.188. The van der Waals surface area contributed by atoms with Crippen molar-refractivity contribution in [1.29, 1.82) is 0 Å². The van der Waals surface area contributed by atoms with Crippen LogP contribution in [-0.2, 0) is 0 Å². The van der Waals surface area contributed by atoms with E-state index in [1.165, 1.54) is 0 Å². The smallest absolute Gasteiger partial charge is 0.0865 e. The van der Waals surface area contributed by atoms with E-state index in [1.54, 1.807) is 19.1 Å². The zero-order valence-electron chi connectivity index (χ0n) is 5.54. The summed E-state index contributed by atoms with van der Waals surface area (Å²) in [5.41, 5.74) is 0. The van der Waals surface area contributed by atoms with E-state index < -0.39 is 5.31 Å². The molecule has 0 aromatic rings. The Morgan fingerprint density at radius 2 is 1.89 bits per heavy atom. The van der Waals surface area contributed by atoms with E-state index >= 15 is 0 Å². The minimum absolute atomic E-state index is 0.228. The van der Waals surface area contributed by atoms with Crippen molar-refractivity contribution in [3.8, 4) is 0 Å². The lowest BCUT2D eigenvalue weighted by Crippen LogP contribution is -2.19. The average molecular weight is 126 g/mol. The molecule has 3 heteroatoms. The molecule has 9 heavy (non-hydrogen) atoms. The first kappa shape index (κ1) is 8.72. The van der Waals surface area contributed by atoms with Crippen molar-refractivity contribution in [2.75, 3.05) is 13.2 Å². The van der Waals surface area contributed by atoms with Gasteiger partial charge in [0.05, 0.1) is 7.85 Å². The number of aliphatic hydroxyl groups excluding tert-OH is 2. The highest BCUT2D eigenvalue weighted by atomic mass is 16.3. The summed E-state index contributed by atoms with van der Waals surface area (Å²) >= 11 is 0. The lowest BCUT2D eigenvalue weighted by atomic mass is 9.70. The Hall–Kier alpha value is -0.275. The Morgan fingerprint density at radius 3 is 2.00 bits per heavy atom. The van der Waals surface area contributed by atoms with E-state index in [0.29, 0.717) is 0 Å². The highest BCUT2D eigenvalue weighted by molar-refractivity contribution is 6.16. The van der Waals surface area contributed by atoms with Gasteiger partial charge in [0.2, 0.25) is 0 Å². The molecular formula is C6H11BO2. The summed E-state index contributed by atoms with van der Waals surface area (Å²) in [6.45, 7) is 1.33. The molecule has 50 valence electrons. The van der Waals surface area contributed by atoms with Crippen LogP contribution in [0.2, 0.25) is 5.31 Å². The van der Waals surface area contributed by atoms with Crippen LogP contribution in [0.4, 0.5) is 0 Å². The molecule has 0 rings (SSSR count). The second-order valence-electron chi connectivity index (χ2n) is 2.05. The molecule has 0 spiro atoms. The van der Waals surface area contributed by atoms with Gasteiger partial charge in [-0.25, -0.2) is 0 Å². The molecule has 0 heterocycles. The van der Waals surface area contributed by atoms with E-state index in [0.717, 1.165) is 0 Å². The predicted molar refractivity (Wildman–Crippen MR) is 37.4 cm³/mol. The molecule has 0 aliphatic rings. The van der Waals surface area contributed by atoms with Crippen LogP contribution in [0.1, 0.15) is 6.92 Å². The lowest BCUT2D eigenvalue weighted by Gasteiger charge is -2.19. The van der Waals surface area contributed by atoms with Gasteiger partial charge in [0.1, 0.15) is 0 Å². The summed E-state index contributed by atoms with van der Waals surface area (Å²) in [6, 6.07) is 0. The Morgan fingerprint density at radius 1 is 1.44 bits per heavy atom. The number of allylic oxidation sites excluding steroid dienone is 1. The van der Waals surface area contributed by atoms with Crippen LogP contribution in [0.5, 0.6) is 0 Å². The topological polar surface area (TPSA) is 40.5 Å². The van der Waals surface area contributed by atoms with Crippen LogP contribution < -0.4 is 0 Å². The van der Waals surface area contributed by atoms with E-state index in [-0.39, 0.29) is 13.2 Å². The fourth-order valence-corrected chi connectivity index (χ4v) is 0.487. The van der Waals surface area contributed by atoms with Gasteiger partial charge in [0.25, 0.3) is 0 Å². The van der Waals surface area contributed by atoms with Crippen LogP contribution in [0, 0.1) is 0 Å². The second kappa shape index (κ2) is 3.69. The SMILES string of the molecule is [B]C(C=CC)(CO)CO. The third kappa shape index (κ3) is 2.68. The molecule has 0 aliphatic carbocycles. The van der Waals surface area contributed by atoms with Crippen molar-refractivity contribution < 1.29 is 10.2 Å². The highest BCUT2D eigenvalue weighted by Gasteiger charge is 2.16. The number of rotatable bonds is 3. The zero-order chi connectivity index (χ0) is 7.33. The molecule has 0 fully saturated rings. The van der Waals surface area contributed by atoms with Crippen LogP contribution in [0.25, 0.3) is 0 Å². The number of aliphatic hydroxyl groups is 2. The fraction of sp³-hybridized carbons (Fsp3) is 0.667. The Kier molecular flexibility index (Phi) is 3.58. The quantitative estimate of drug-likeness (QED) is 0.408. The summed E-state index contributed by atoms with van der Waals surface area (Å²) in [5, 5.41) is 16.2. The normalized spacial score (nSPS) is 12.8. The molecule has 0 saturated heterocycles. The first-order valence-corrected chi connectivity index (χ1v) is 2.83. The molecule has 2 N–H and O–H groups in total. The third-order valence-corrected chi connectivity index (χ3v) is 1.09. The van der Waals surface area contributed by atoms with Gasteiger partial charge in [-0.1, -0.05) is 12.2 Å². The second-order valence-corrected chi connectivity index (χ2v) is 2.05. The molecule has 2 nitrogen and oxygen atoms in total. The third-order valence-electron chi connectivity index (χ3n) is 1.09. The molecule has 0 aromatic carbocycles. The first-order chi connectivity index (χ1) is 4.18. The van der Waals surface area contributed by atoms with Gasteiger partial charge < -0.3 is 10.2 Å². The van der Waals surface area contributed by atoms with Gasteiger partial charge in [-0.3, -0.25) is 0 Å². The summed E-state index contributed by atoms with van der Waals surface area (Å²) in [4.78, 5) is 0. The molecule has 2 radical (unpaired) electrons. The van der Waals surface area contributed by atoms with Gasteiger partial charge in [-0.15, -0.1) is 0 Å². The van der Waals surface area contributed by atoms with Gasteiger partial charge in [-0.05, 0) is 12.2 Å². The van der Waals surface area contributed by atoms with Gasteiger partial charge in [0, 0.05) is 13.2 Å². The number of hydrogen-bond acceptors (Lipinski definition) is 2. The van der Waals surface area contributed by atoms with Gasteiger partial charge in [-0.2, -0.15) is 0 Å². The Labute approximate surface area is 56.6 Å². The van der Waals surface area contributed by atoms with Crippen LogP contribution in [-0.4, -0.2) is 31.3 Å². The Balaban J connectivity index is 3.92. The largest absolute Gasteiger partial charge is 0.396 e. The minimum Gasteiger partial charge on any atom is -0.396 e. The molecule has 0 aromatic heterocycles. The standard InChI is InChI=1S/C6H11BO2/c1-2-3-6(7,4-8)5-9/h2-3,8-9H,4-5H2,1H3. The number of hydrogen-bond donors (Lipinski definition) is 2.